The van der Waals surface area contributed by atoms with Gasteiger partial charge in [0.25, 0.3) is 5.88 Å². The molecule has 1 aliphatic heterocycles. The lowest BCUT2D eigenvalue weighted by molar-refractivity contribution is -0.137. The topological polar surface area (TPSA) is 58.6 Å². The Morgan fingerprint density at radius 1 is 1.21 bits per heavy atom. The summed E-state index contributed by atoms with van der Waals surface area (Å²) in [6.45, 7) is 1.00. The summed E-state index contributed by atoms with van der Waals surface area (Å²) >= 11 is 0. The van der Waals surface area contributed by atoms with Gasteiger partial charge < -0.3 is 14.5 Å². The molecule has 0 bridgehead atoms. The third kappa shape index (κ3) is 5.36. The first-order chi connectivity index (χ1) is 13.7. The summed E-state index contributed by atoms with van der Waals surface area (Å²) in [6, 6.07) is 4.70. The number of hydrogen-bond acceptors (Lipinski definition) is 5. The van der Waals surface area contributed by atoms with Crippen molar-refractivity contribution < 1.29 is 22.7 Å². The van der Waals surface area contributed by atoms with Crippen LogP contribution in [0.3, 0.4) is 0 Å². The molecule has 1 fully saturated rings. The molecule has 1 unspecified atom stereocenters. The van der Waals surface area contributed by atoms with Crippen LogP contribution in [0.4, 0.5) is 19.0 Å². The first kappa shape index (κ1) is 20.9. The van der Waals surface area contributed by atoms with Gasteiger partial charge in [-0.25, -0.2) is 9.97 Å². The molecular formula is C20H23F3N4O2. The van der Waals surface area contributed by atoms with Crippen LogP contribution in [0, 0.1) is 0 Å². The van der Waals surface area contributed by atoms with E-state index in [1.807, 2.05) is 14.1 Å². The van der Waals surface area contributed by atoms with Crippen LogP contribution in [-0.2, 0) is 17.4 Å². The second-order valence-electron chi connectivity index (χ2n) is 7.17. The van der Waals surface area contributed by atoms with E-state index in [9.17, 15) is 18.0 Å². The fourth-order valence-electron chi connectivity index (χ4n) is 3.22. The van der Waals surface area contributed by atoms with E-state index in [4.69, 9.17) is 4.74 Å². The molecule has 9 heteroatoms. The fourth-order valence-corrected chi connectivity index (χ4v) is 3.22. The maximum atomic E-state index is 12.7. The summed E-state index contributed by atoms with van der Waals surface area (Å²) in [6.07, 6.45) is 0.163. The lowest BCUT2D eigenvalue weighted by Gasteiger charge is -2.33. The number of amides is 1. The molecule has 0 aliphatic carbocycles. The van der Waals surface area contributed by atoms with Crippen molar-refractivity contribution in [2.45, 2.75) is 31.5 Å². The normalized spacial score (nSPS) is 17.1. The highest BCUT2D eigenvalue weighted by Crippen LogP contribution is 2.29. The molecule has 1 saturated heterocycles. The Balaban J connectivity index is 1.61. The van der Waals surface area contributed by atoms with Crippen LogP contribution in [0.2, 0.25) is 0 Å². The number of halogens is 3. The lowest BCUT2D eigenvalue weighted by Crippen LogP contribution is -2.45. The first-order valence-electron chi connectivity index (χ1n) is 9.33. The van der Waals surface area contributed by atoms with Crippen molar-refractivity contribution in [2.24, 2.45) is 0 Å². The Bertz CT molecular complexity index is 840. The molecule has 0 radical (unpaired) electrons. The molecule has 1 aromatic carbocycles. The monoisotopic (exact) mass is 408 g/mol. The number of ether oxygens (including phenoxy) is 1. The number of carbonyl (C=O) groups is 1. The minimum Gasteiger partial charge on any atom is -0.470 e. The maximum Gasteiger partial charge on any atom is 0.416 e. The Labute approximate surface area is 167 Å². The number of anilines is 1. The van der Waals surface area contributed by atoms with Gasteiger partial charge in [-0.05, 0) is 30.5 Å². The molecule has 29 heavy (non-hydrogen) atoms. The van der Waals surface area contributed by atoms with Gasteiger partial charge in [0.15, 0.2) is 5.82 Å². The molecule has 156 valence electrons. The van der Waals surface area contributed by atoms with E-state index in [1.54, 1.807) is 22.2 Å². The third-order valence-electron chi connectivity index (χ3n) is 4.72. The van der Waals surface area contributed by atoms with E-state index in [-0.39, 0.29) is 18.4 Å². The Kier molecular flexibility index (Phi) is 6.24. The minimum absolute atomic E-state index is 0.0545. The summed E-state index contributed by atoms with van der Waals surface area (Å²) in [7, 11) is 3.69. The lowest BCUT2D eigenvalue weighted by atomic mass is 10.0. The average molecular weight is 408 g/mol. The number of benzene rings is 1. The zero-order chi connectivity index (χ0) is 21.0. The second-order valence-corrected chi connectivity index (χ2v) is 7.17. The number of hydrogen-bond donors (Lipinski definition) is 0. The summed E-state index contributed by atoms with van der Waals surface area (Å²) < 4.78 is 44.0. The Morgan fingerprint density at radius 2 is 1.90 bits per heavy atom. The van der Waals surface area contributed by atoms with E-state index in [2.05, 4.69) is 9.97 Å². The third-order valence-corrected chi connectivity index (χ3v) is 4.72. The van der Waals surface area contributed by atoms with Crippen molar-refractivity contribution in [3.8, 4) is 5.88 Å². The standard InChI is InChI=1S/C20H23F3N4O2/c1-26(2)18-19(25-10-9-24-18)29-16-4-3-11-27(13-16)17(28)12-14-5-7-15(8-6-14)20(21,22)23/h5-10,16H,3-4,11-13H2,1-2H3. The molecule has 0 spiro atoms. The molecule has 1 amide bonds. The van der Waals surface area contributed by atoms with Crippen LogP contribution in [0.25, 0.3) is 0 Å². The van der Waals surface area contributed by atoms with Gasteiger partial charge in [-0.2, -0.15) is 13.2 Å². The van der Waals surface area contributed by atoms with Crippen LogP contribution in [0.1, 0.15) is 24.0 Å². The van der Waals surface area contributed by atoms with Crippen LogP contribution in [-0.4, -0.2) is 54.1 Å². The van der Waals surface area contributed by atoms with Gasteiger partial charge in [0, 0.05) is 33.0 Å². The molecule has 1 atom stereocenters. The van der Waals surface area contributed by atoms with Gasteiger partial charge in [0.05, 0.1) is 18.5 Å². The van der Waals surface area contributed by atoms with Crippen LogP contribution < -0.4 is 9.64 Å². The van der Waals surface area contributed by atoms with Crippen LogP contribution in [0.15, 0.2) is 36.7 Å². The maximum absolute atomic E-state index is 12.7. The molecule has 6 nitrogen and oxygen atoms in total. The predicted molar refractivity (Wildman–Crippen MR) is 102 cm³/mol. The molecule has 2 aromatic rings. The summed E-state index contributed by atoms with van der Waals surface area (Å²) in [4.78, 5) is 24.6. The van der Waals surface area contributed by atoms with Crippen molar-refractivity contribution in [3.63, 3.8) is 0 Å². The van der Waals surface area contributed by atoms with Gasteiger partial charge in [0.2, 0.25) is 5.91 Å². The van der Waals surface area contributed by atoms with E-state index in [1.165, 1.54) is 12.1 Å². The van der Waals surface area contributed by atoms with Gasteiger partial charge in [-0.1, -0.05) is 12.1 Å². The highest BCUT2D eigenvalue weighted by molar-refractivity contribution is 5.79. The Hall–Kier alpha value is -2.84. The van der Waals surface area contributed by atoms with Crippen molar-refractivity contribution in [1.82, 2.24) is 14.9 Å². The molecule has 1 aliphatic rings. The molecule has 1 aromatic heterocycles. The van der Waals surface area contributed by atoms with Gasteiger partial charge in [-0.3, -0.25) is 4.79 Å². The SMILES string of the molecule is CN(C)c1nccnc1OC1CCCN(C(=O)Cc2ccc(C(F)(F)F)cc2)C1. The zero-order valence-corrected chi connectivity index (χ0v) is 16.3. The molecular weight excluding hydrogens is 385 g/mol. The van der Waals surface area contributed by atoms with E-state index >= 15 is 0 Å². The van der Waals surface area contributed by atoms with Crippen molar-refractivity contribution in [1.29, 1.82) is 0 Å². The largest absolute Gasteiger partial charge is 0.470 e. The number of aromatic nitrogens is 2. The number of rotatable bonds is 5. The number of nitrogens with zero attached hydrogens (tertiary/aromatic N) is 4. The van der Waals surface area contributed by atoms with E-state index in [0.717, 1.165) is 25.0 Å². The molecule has 0 N–H and O–H groups in total. The van der Waals surface area contributed by atoms with E-state index in [0.29, 0.717) is 30.4 Å². The minimum atomic E-state index is -4.38. The Morgan fingerprint density at radius 3 is 2.55 bits per heavy atom. The number of piperidine rings is 1. The number of alkyl halides is 3. The number of likely N-dealkylation sites (tertiary alicyclic amines) is 1. The predicted octanol–water partition coefficient (Wildman–Crippen LogP) is 3.17. The van der Waals surface area contributed by atoms with Gasteiger partial charge in [-0.15, -0.1) is 0 Å². The van der Waals surface area contributed by atoms with Crippen LogP contribution >= 0.6 is 0 Å². The van der Waals surface area contributed by atoms with Crippen LogP contribution in [0.5, 0.6) is 5.88 Å². The van der Waals surface area contributed by atoms with Gasteiger partial charge >= 0.3 is 6.18 Å². The quantitative estimate of drug-likeness (QED) is 0.761. The zero-order valence-electron chi connectivity index (χ0n) is 16.3. The summed E-state index contributed by atoms with van der Waals surface area (Å²) in [5.41, 5.74) is -0.171. The van der Waals surface area contributed by atoms with Crippen molar-refractivity contribution in [3.05, 3.63) is 47.8 Å². The summed E-state index contributed by atoms with van der Waals surface area (Å²) in [5, 5.41) is 0. The first-order valence-corrected chi connectivity index (χ1v) is 9.33. The molecule has 2 heterocycles. The molecule has 0 saturated carbocycles. The smallest absolute Gasteiger partial charge is 0.416 e. The highest BCUT2D eigenvalue weighted by Gasteiger charge is 2.30. The second kappa shape index (κ2) is 8.67. The molecule has 3 rings (SSSR count). The van der Waals surface area contributed by atoms with E-state index < -0.39 is 11.7 Å². The van der Waals surface area contributed by atoms with Crippen molar-refractivity contribution >= 4 is 11.7 Å². The summed E-state index contributed by atoms with van der Waals surface area (Å²) in [5.74, 6) is 0.894. The average Bonchev–Trinajstić information content (AvgIpc) is 2.68. The van der Waals surface area contributed by atoms with Gasteiger partial charge in [0.1, 0.15) is 6.10 Å². The highest BCUT2D eigenvalue weighted by atomic mass is 19.4. The number of carbonyl (C=O) groups excluding carboxylic acids is 1. The fraction of sp³-hybridized carbons (Fsp3) is 0.450. The van der Waals surface area contributed by atoms with Crippen molar-refractivity contribution in [2.75, 3.05) is 32.1 Å².